The second-order valence-corrected chi connectivity index (χ2v) is 3.92. The summed E-state index contributed by atoms with van der Waals surface area (Å²) in [4.78, 5) is 23.8. The third kappa shape index (κ3) is 2.33. The highest BCUT2D eigenvalue weighted by Gasteiger charge is 2.35. The molecule has 19 heavy (non-hydrogen) atoms. The smallest absolute Gasteiger partial charge is 0.410 e. The van der Waals surface area contributed by atoms with Gasteiger partial charge in [-0.15, -0.1) is 0 Å². The largest absolute Gasteiger partial charge is 0.447 e. The Hall–Kier alpha value is -2.25. The normalized spacial score (nSPS) is 18.4. The predicted octanol–water partition coefficient (Wildman–Crippen LogP) is 1.49. The molecule has 1 aliphatic rings. The lowest BCUT2D eigenvalue weighted by Crippen LogP contribution is -2.40. The molecule has 1 atom stereocenters. The fourth-order valence-electron chi connectivity index (χ4n) is 1.58. The third-order valence-electron chi connectivity index (χ3n) is 2.72. The molecule has 0 aliphatic carbocycles. The van der Waals surface area contributed by atoms with Gasteiger partial charge in [-0.05, 0) is 12.1 Å². The molecule has 2 rings (SSSR count). The quantitative estimate of drug-likeness (QED) is 0.831. The van der Waals surface area contributed by atoms with Gasteiger partial charge in [-0.2, -0.15) is 0 Å². The molecule has 2 amide bonds. The second kappa shape index (κ2) is 4.79. The standard InChI is InChI=1S/C11H9F3N2O3/c1-16-7(4-19-11(16)18)10(17)15-6-3-2-5(12)8(13)9(6)14/h2-3,7H,4H2,1H3,(H,15,17). The maximum Gasteiger partial charge on any atom is 0.410 e. The molecule has 1 N–H and O–H groups in total. The molecular formula is C11H9F3N2O3. The Labute approximate surface area is 105 Å². The number of rotatable bonds is 2. The van der Waals surface area contributed by atoms with Crippen molar-refractivity contribution in [2.45, 2.75) is 6.04 Å². The third-order valence-corrected chi connectivity index (χ3v) is 2.72. The van der Waals surface area contributed by atoms with Crippen LogP contribution >= 0.6 is 0 Å². The van der Waals surface area contributed by atoms with E-state index in [0.29, 0.717) is 6.07 Å². The molecular weight excluding hydrogens is 265 g/mol. The van der Waals surface area contributed by atoms with Crippen molar-refractivity contribution >= 4 is 17.7 Å². The number of ether oxygens (including phenoxy) is 1. The summed E-state index contributed by atoms with van der Waals surface area (Å²) >= 11 is 0. The van der Waals surface area contributed by atoms with Gasteiger partial charge in [0.1, 0.15) is 12.6 Å². The molecule has 1 unspecified atom stereocenters. The van der Waals surface area contributed by atoms with Crippen LogP contribution in [0.1, 0.15) is 0 Å². The van der Waals surface area contributed by atoms with Crippen LogP contribution in [-0.2, 0) is 9.53 Å². The van der Waals surface area contributed by atoms with Gasteiger partial charge >= 0.3 is 6.09 Å². The number of hydrogen-bond donors (Lipinski definition) is 1. The zero-order valence-electron chi connectivity index (χ0n) is 9.75. The van der Waals surface area contributed by atoms with Crippen LogP contribution in [0.25, 0.3) is 0 Å². The van der Waals surface area contributed by atoms with E-state index < -0.39 is 41.2 Å². The van der Waals surface area contributed by atoms with Crippen molar-refractivity contribution in [3.05, 3.63) is 29.6 Å². The van der Waals surface area contributed by atoms with Gasteiger partial charge in [0.2, 0.25) is 0 Å². The molecule has 0 radical (unpaired) electrons. The van der Waals surface area contributed by atoms with E-state index in [1.807, 2.05) is 0 Å². The Balaban J connectivity index is 2.16. The summed E-state index contributed by atoms with van der Waals surface area (Å²) in [6.07, 6.45) is -0.689. The van der Waals surface area contributed by atoms with Crippen molar-refractivity contribution in [1.29, 1.82) is 0 Å². The molecule has 1 aromatic carbocycles. The average molecular weight is 274 g/mol. The van der Waals surface area contributed by atoms with Crippen LogP contribution in [0, 0.1) is 17.5 Å². The molecule has 1 heterocycles. The van der Waals surface area contributed by atoms with Gasteiger partial charge in [0.05, 0.1) is 5.69 Å². The first-order valence-electron chi connectivity index (χ1n) is 5.25. The summed E-state index contributed by atoms with van der Waals surface area (Å²) < 4.78 is 43.6. The molecule has 0 bridgehead atoms. The summed E-state index contributed by atoms with van der Waals surface area (Å²) in [5.41, 5.74) is -0.503. The Bertz CT molecular complexity index is 550. The van der Waals surface area contributed by atoms with Crippen LogP contribution in [0.15, 0.2) is 12.1 Å². The van der Waals surface area contributed by atoms with Crippen LogP contribution < -0.4 is 5.32 Å². The van der Waals surface area contributed by atoms with Gasteiger partial charge in [-0.1, -0.05) is 0 Å². The van der Waals surface area contributed by atoms with E-state index in [1.165, 1.54) is 7.05 Å². The minimum atomic E-state index is -1.68. The van der Waals surface area contributed by atoms with E-state index in [1.54, 1.807) is 0 Å². The first-order chi connectivity index (χ1) is 8.91. The fraction of sp³-hybridized carbons (Fsp3) is 0.273. The van der Waals surface area contributed by atoms with E-state index in [0.717, 1.165) is 11.0 Å². The van der Waals surface area contributed by atoms with Crippen LogP contribution in [0.5, 0.6) is 0 Å². The SMILES string of the molecule is CN1C(=O)OCC1C(=O)Nc1ccc(F)c(F)c1F. The minimum absolute atomic E-state index is 0.188. The molecule has 0 saturated carbocycles. The highest BCUT2D eigenvalue weighted by Crippen LogP contribution is 2.20. The maximum atomic E-state index is 13.3. The Morgan fingerprint density at radius 3 is 2.63 bits per heavy atom. The van der Waals surface area contributed by atoms with Crippen molar-refractivity contribution in [2.75, 3.05) is 19.0 Å². The predicted molar refractivity (Wildman–Crippen MR) is 57.8 cm³/mol. The highest BCUT2D eigenvalue weighted by atomic mass is 19.2. The van der Waals surface area contributed by atoms with E-state index in [-0.39, 0.29) is 6.61 Å². The van der Waals surface area contributed by atoms with Crippen molar-refractivity contribution in [2.24, 2.45) is 0 Å². The molecule has 1 aromatic rings. The van der Waals surface area contributed by atoms with Crippen molar-refractivity contribution in [1.82, 2.24) is 4.90 Å². The Morgan fingerprint density at radius 2 is 2.05 bits per heavy atom. The number of cyclic esters (lactones) is 1. The first-order valence-corrected chi connectivity index (χ1v) is 5.25. The lowest BCUT2D eigenvalue weighted by molar-refractivity contribution is -0.119. The first kappa shape index (κ1) is 13.2. The van der Waals surface area contributed by atoms with Crippen LogP contribution in [-0.4, -0.2) is 36.6 Å². The van der Waals surface area contributed by atoms with E-state index in [9.17, 15) is 22.8 Å². The molecule has 1 saturated heterocycles. The van der Waals surface area contributed by atoms with Gasteiger partial charge in [0, 0.05) is 7.05 Å². The topological polar surface area (TPSA) is 58.6 Å². The Morgan fingerprint density at radius 1 is 1.37 bits per heavy atom. The number of halogens is 3. The summed E-state index contributed by atoms with van der Waals surface area (Å²) in [7, 11) is 1.33. The van der Waals surface area contributed by atoms with Gasteiger partial charge in [0.15, 0.2) is 17.5 Å². The number of carbonyl (C=O) groups is 2. The summed E-state index contributed by atoms with van der Waals surface area (Å²) in [5, 5.41) is 2.08. The van der Waals surface area contributed by atoms with Gasteiger partial charge < -0.3 is 10.1 Å². The van der Waals surface area contributed by atoms with E-state index in [4.69, 9.17) is 0 Å². The number of anilines is 1. The van der Waals surface area contributed by atoms with Crippen LogP contribution in [0.2, 0.25) is 0 Å². The lowest BCUT2D eigenvalue weighted by atomic mass is 10.2. The summed E-state index contributed by atoms with van der Waals surface area (Å²) in [5.74, 6) is -5.28. The van der Waals surface area contributed by atoms with Crippen molar-refractivity contribution < 1.29 is 27.5 Å². The van der Waals surface area contributed by atoms with Gasteiger partial charge in [-0.3, -0.25) is 9.69 Å². The Kier molecular flexibility index (Phi) is 3.32. The van der Waals surface area contributed by atoms with E-state index in [2.05, 4.69) is 10.1 Å². The van der Waals surface area contributed by atoms with Gasteiger partial charge in [-0.25, -0.2) is 18.0 Å². The molecule has 1 aliphatic heterocycles. The number of amides is 2. The lowest BCUT2D eigenvalue weighted by Gasteiger charge is -2.16. The molecule has 102 valence electrons. The number of likely N-dealkylation sites (N-methyl/N-ethyl adjacent to an activating group) is 1. The minimum Gasteiger partial charge on any atom is -0.447 e. The van der Waals surface area contributed by atoms with Crippen molar-refractivity contribution in [3.8, 4) is 0 Å². The average Bonchev–Trinajstić information content (AvgIpc) is 2.71. The molecule has 1 fully saturated rings. The molecule has 5 nitrogen and oxygen atoms in total. The van der Waals surface area contributed by atoms with Crippen LogP contribution in [0.4, 0.5) is 23.7 Å². The number of carbonyl (C=O) groups excluding carboxylic acids is 2. The number of nitrogens with one attached hydrogen (secondary N) is 1. The fourth-order valence-corrected chi connectivity index (χ4v) is 1.58. The van der Waals surface area contributed by atoms with Gasteiger partial charge in [0.25, 0.3) is 5.91 Å². The van der Waals surface area contributed by atoms with Crippen molar-refractivity contribution in [3.63, 3.8) is 0 Å². The number of nitrogens with zero attached hydrogens (tertiary/aromatic N) is 1. The van der Waals surface area contributed by atoms with E-state index >= 15 is 0 Å². The molecule has 0 aromatic heterocycles. The molecule has 0 spiro atoms. The maximum absolute atomic E-state index is 13.3. The summed E-state index contributed by atoms with van der Waals surface area (Å²) in [6.45, 7) is -0.188. The zero-order chi connectivity index (χ0) is 14.2. The monoisotopic (exact) mass is 274 g/mol. The zero-order valence-corrected chi connectivity index (χ0v) is 9.75. The summed E-state index contributed by atoms with van der Waals surface area (Å²) in [6, 6.07) is 0.636. The number of benzene rings is 1. The highest BCUT2D eigenvalue weighted by molar-refractivity contribution is 5.97. The molecule has 8 heteroatoms. The van der Waals surface area contributed by atoms with Crippen LogP contribution in [0.3, 0.4) is 0 Å². The number of hydrogen-bond acceptors (Lipinski definition) is 3. The second-order valence-electron chi connectivity index (χ2n) is 3.92.